The molecule has 36 heavy (non-hydrogen) atoms. The number of carbonyl (C=O) groups excluding carboxylic acids is 3. The number of nitrogens with one attached hydrogen (secondary N) is 2. The number of hydrogen-bond donors (Lipinski definition) is 2. The van der Waals surface area contributed by atoms with Crippen LogP contribution in [0.5, 0.6) is 0 Å². The molecule has 7 heteroatoms. The van der Waals surface area contributed by atoms with Crippen molar-refractivity contribution in [3.05, 3.63) is 120 Å². The van der Waals surface area contributed by atoms with E-state index >= 15 is 0 Å². The van der Waals surface area contributed by atoms with Crippen LogP contribution >= 0.6 is 0 Å². The second-order valence-electron chi connectivity index (χ2n) is 8.14. The molecule has 0 spiro atoms. The van der Waals surface area contributed by atoms with Gasteiger partial charge in [0.2, 0.25) is 5.91 Å². The van der Waals surface area contributed by atoms with Gasteiger partial charge in [0, 0.05) is 12.5 Å². The Labute approximate surface area is 211 Å². The summed E-state index contributed by atoms with van der Waals surface area (Å²) in [4.78, 5) is 37.6. The maximum absolute atomic E-state index is 13.3. The lowest BCUT2D eigenvalue weighted by molar-refractivity contribution is -0.135. The van der Waals surface area contributed by atoms with E-state index in [1.807, 2.05) is 91.0 Å². The molecule has 0 aliphatic carbocycles. The Hall–Kier alpha value is -4.39. The average molecular weight is 487 g/mol. The van der Waals surface area contributed by atoms with E-state index in [0.717, 1.165) is 16.7 Å². The number of esters is 1. The maximum Gasteiger partial charge on any atom is 0.408 e. The smallest absolute Gasteiger partial charge is 0.408 e. The summed E-state index contributed by atoms with van der Waals surface area (Å²) < 4.78 is 10.0. The number of hydrogen-bond acceptors (Lipinski definition) is 5. The molecule has 3 aromatic rings. The number of rotatable bonds is 11. The predicted octanol–water partition coefficient (Wildman–Crippen LogP) is 3.98. The van der Waals surface area contributed by atoms with Gasteiger partial charge in [-0.1, -0.05) is 97.1 Å². The van der Waals surface area contributed by atoms with E-state index in [1.165, 1.54) is 13.2 Å². The first kappa shape index (κ1) is 26.2. The fourth-order valence-electron chi connectivity index (χ4n) is 3.55. The average Bonchev–Trinajstić information content (AvgIpc) is 2.91. The van der Waals surface area contributed by atoms with Crippen LogP contribution in [0.4, 0.5) is 4.79 Å². The van der Waals surface area contributed by atoms with Gasteiger partial charge in [-0.15, -0.1) is 0 Å². The zero-order chi connectivity index (χ0) is 25.6. The molecule has 186 valence electrons. The molecule has 0 fully saturated rings. The van der Waals surface area contributed by atoms with Gasteiger partial charge in [0.05, 0.1) is 13.2 Å². The van der Waals surface area contributed by atoms with Gasteiger partial charge in [-0.2, -0.15) is 0 Å². The molecule has 0 heterocycles. The standard InChI is InChI=1S/C29H30N2O5/c1-35-27(32)18-17-25(19-22-11-5-2-6-12-22)30-28(33)26(20-23-13-7-3-8-14-23)31-29(34)36-21-24-15-9-4-10-16-24/h2-18,25-26H,19-21H2,1H3,(H,30,33)(H,31,34)/b18-17+. The third-order valence-electron chi connectivity index (χ3n) is 5.40. The zero-order valence-corrected chi connectivity index (χ0v) is 20.1. The van der Waals surface area contributed by atoms with Crippen molar-refractivity contribution < 1.29 is 23.9 Å². The van der Waals surface area contributed by atoms with Crippen LogP contribution in [-0.2, 0) is 38.5 Å². The van der Waals surface area contributed by atoms with Crippen LogP contribution in [-0.4, -0.2) is 37.2 Å². The van der Waals surface area contributed by atoms with Gasteiger partial charge in [0.25, 0.3) is 0 Å². The lowest BCUT2D eigenvalue weighted by Gasteiger charge is -2.22. The van der Waals surface area contributed by atoms with Gasteiger partial charge < -0.3 is 20.1 Å². The van der Waals surface area contributed by atoms with E-state index in [2.05, 4.69) is 15.4 Å². The lowest BCUT2D eigenvalue weighted by Crippen LogP contribution is -2.51. The number of amides is 2. The first-order chi connectivity index (χ1) is 17.5. The Balaban J connectivity index is 1.72. The van der Waals surface area contributed by atoms with Crippen LogP contribution in [0.2, 0.25) is 0 Å². The molecule has 0 saturated heterocycles. The molecule has 0 saturated carbocycles. The Kier molecular flexibility index (Phi) is 10.3. The van der Waals surface area contributed by atoms with Crippen LogP contribution < -0.4 is 10.6 Å². The molecule has 0 bridgehead atoms. The first-order valence-electron chi connectivity index (χ1n) is 11.6. The minimum atomic E-state index is -0.888. The topological polar surface area (TPSA) is 93.7 Å². The summed E-state index contributed by atoms with van der Waals surface area (Å²) in [6.07, 6.45) is 2.90. The minimum Gasteiger partial charge on any atom is -0.466 e. The van der Waals surface area contributed by atoms with Crippen molar-refractivity contribution in [2.24, 2.45) is 0 Å². The number of carbonyl (C=O) groups is 3. The monoisotopic (exact) mass is 486 g/mol. The molecule has 7 nitrogen and oxygen atoms in total. The van der Waals surface area contributed by atoms with E-state index in [0.29, 0.717) is 6.42 Å². The predicted molar refractivity (Wildman–Crippen MR) is 137 cm³/mol. The fourth-order valence-corrected chi connectivity index (χ4v) is 3.55. The number of ether oxygens (including phenoxy) is 2. The molecule has 2 atom stereocenters. The van der Waals surface area contributed by atoms with Crippen molar-refractivity contribution in [1.82, 2.24) is 10.6 Å². The van der Waals surface area contributed by atoms with E-state index < -0.39 is 30.1 Å². The quantitative estimate of drug-likeness (QED) is 0.316. The molecule has 3 rings (SSSR count). The third kappa shape index (κ3) is 9.10. The molecule has 3 aromatic carbocycles. The summed E-state index contributed by atoms with van der Waals surface area (Å²) >= 11 is 0. The van der Waals surface area contributed by atoms with Gasteiger partial charge in [0.1, 0.15) is 12.6 Å². The van der Waals surface area contributed by atoms with E-state index in [-0.39, 0.29) is 13.0 Å². The van der Waals surface area contributed by atoms with Gasteiger partial charge in [-0.25, -0.2) is 9.59 Å². The number of benzene rings is 3. The lowest BCUT2D eigenvalue weighted by atomic mass is 10.0. The van der Waals surface area contributed by atoms with Gasteiger partial charge in [-0.3, -0.25) is 4.79 Å². The fraction of sp³-hybridized carbons (Fsp3) is 0.207. The highest BCUT2D eigenvalue weighted by molar-refractivity contribution is 5.87. The molecule has 0 radical (unpaired) electrons. The molecule has 2 N–H and O–H groups in total. The van der Waals surface area contributed by atoms with Crippen molar-refractivity contribution >= 4 is 18.0 Å². The third-order valence-corrected chi connectivity index (χ3v) is 5.40. The maximum atomic E-state index is 13.3. The highest BCUT2D eigenvalue weighted by atomic mass is 16.5. The Morgan fingerprint density at radius 3 is 1.83 bits per heavy atom. The Morgan fingerprint density at radius 2 is 1.28 bits per heavy atom. The molecule has 2 unspecified atom stereocenters. The molecule has 2 amide bonds. The van der Waals surface area contributed by atoms with Crippen LogP contribution in [0.15, 0.2) is 103 Å². The molecular formula is C29H30N2O5. The minimum absolute atomic E-state index is 0.0881. The second kappa shape index (κ2) is 14.1. The SMILES string of the molecule is COC(=O)/C=C/C(Cc1ccccc1)NC(=O)C(Cc1ccccc1)NC(=O)OCc1ccccc1. The highest BCUT2D eigenvalue weighted by Crippen LogP contribution is 2.08. The van der Waals surface area contributed by atoms with E-state index in [1.54, 1.807) is 6.08 Å². The largest absolute Gasteiger partial charge is 0.466 e. The van der Waals surface area contributed by atoms with Crippen molar-refractivity contribution in [3.63, 3.8) is 0 Å². The molecule has 0 aliphatic heterocycles. The van der Waals surface area contributed by atoms with Gasteiger partial charge >= 0.3 is 12.1 Å². The Morgan fingerprint density at radius 1 is 0.750 bits per heavy atom. The highest BCUT2D eigenvalue weighted by Gasteiger charge is 2.24. The van der Waals surface area contributed by atoms with Gasteiger partial charge in [0.15, 0.2) is 0 Å². The number of alkyl carbamates (subject to hydrolysis) is 1. The summed E-state index contributed by atoms with van der Waals surface area (Å²) in [6, 6.07) is 26.9. The zero-order valence-electron chi connectivity index (χ0n) is 20.1. The summed E-state index contributed by atoms with van der Waals surface area (Å²) in [7, 11) is 1.29. The van der Waals surface area contributed by atoms with Crippen molar-refractivity contribution in [2.45, 2.75) is 31.5 Å². The Bertz CT molecular complexity index is 1130. The van der Waals surface area contributed by atoms with E-state index in [9.17, 15) is 14.4 Å². The van der Waals surface area contributed by atoms with Crippen molar-refractivity contribution in [1.29, 1.82) is 0 Å². The number of methoxy groups -OCH3 is 1. The van der Waals surface area contributed by atoms with E-state index in [4.69, 9.17) is 4.74 Å². The summed E-state index contributed by atoms with van der Waals surface area (Å²) in [6.45, 7) is 0.0881. The van der Waals surface area contributed by atoms with Crippen LogP contribution in [0.3, 0.4) is 0 Å². The molecular weight excluding hydrogens is 456 g/mol. The second-order valence-corrected chi connectivity index (χ2v) is 8.14. The summed E-state index contributed by atoms with van der Waals surface area (Å²) in [5.74, 6) is -0.920. The normalized spacial score (nSPS) is 12.4. The van der Waals surface area contributed by atoms with Crippen LogP contribution in [0.25, 0.3) is 0 Å². The van der Waals surface area contributed by atoms with Crippen molar-refractivity contribution in [2.75, 3.05) is 7.11 Å². The summed E-state index contributed by atoms with van der Waals surface area (Å²) in [5.41, 5.74) is 2.70. The van der Waals surface area contributed by atoms with Crippen molar-refractivity contribution in [3.8, 4) is 0 Å². The van der Waals surface area contributed by atoms with Crippen LogP contribution in [0.1, 0.15) is 16.7 Å². The molecule has 0 aromatic heterocycles. The molecule has 0 aliphatic rings. The van der Waals surface area contributed by atoms with Gasteiger partial charge in [-0.05, 0) is 23.1 Å². The van der Waals surface area contributed by atoms with Crippen LogP contribution in [0, 0.1) is 0 Å². The first-order valence-corrected chi connectivity index (χ1v) is 11.6. The summed E-state index contributed by atoms with van der Waals surface area (Å²) in [5, 5.41) is 5.63.